The van der Waals surface area contributed by atoms with Gasteiger partial charge in [-0.1, -0.05) is 11.6 Å². The fourth-order valence-corrected chi connectivity index (χ4v) is 2.29. The Bertz CT molecular complexity index is 440. The lowest BCUT2D eigenvalue weighted by molar-refractivity contribution is 1.12. The first kappa shape index (κ1) is 8.77. The fourth-order valence-electron chi connectivity index (χ4n) is 0.994. The molecule has 1 N–H and O–H groups in total. The van der Waals surface area contributed by atoms with E-state index in [9.17, 15) is 0 Å². The molecule has 0 aliphatic rings. The van der Waals surface area contributed by atoms with Crippen LogP contribution >= 0.6 is 50.1 Å². The number of aromatic amines is 1. The molecule has 12 heavy (non-hydrogen) atoms. The maximum Gasteiger partial charge on any atom is 0.0677 e. The fraction of sp³-hybridized carbons (Fsp3) is 0. The summed E-state index contributed by atoms with van der Waals surface area (Å²) >= 11 is 11.6. The molecule has 2 rings (SSSR count). The third kappa shape index (κ3) is 1.25. The largest absolute Gasteiger partial charge is 0.278 e. The minimum absolute atomic E-state index is 0.735. The van der Waals surface area contributed by atoms with Crippen molar-refractivity contribution in [3.8, 4) is 0 Å². The highest BCUT2D eigenvalue weighted by Crippen LogP contribution is 2.33. The normalized spacial score (nSPS) is 10.9. The molecule has 2 aromatic rings. The lowest BCUT2D eigenvalue weighted by atomic mass is 10.3. The number of halogens is 3. The molecule has 1 aromatic carbocycles. The Balaban J connectivity index is 2.94. The van der Waals surface area contributed by atoms with Gasteiger partial charge in [0.25, 0.3) is 0 Å². The lowest BCUT2D eigenvalue weighted by Gasteiger charge is -1.99. The Hall–Kier alpha value is 0.190. The molecule has 0 fully saturated rings. The van der Waals surface area contributed by atoms with Crippen LogP contribution in [0.25, 0.3) is 10.9 Å². The quantitative estimate of drug-likeness (QED) is 0.567. The molecule has 0 saturated heterocycles. The van der Waals surface area contributed by atoms with Gasteiger partial charge in [-0.05, 0) is 44.6 Å². The van der Waals surface area contributed by atoms with Crippen molar-refractivity contribution in [1.82, 2.24) is 10.2 Å². The van der Waals surface area contributed by atoms with E-state index in [0.717, 1.165) is 24.0 Å². The van der Waals surface area contributed by atoms with Gasteiger partial charge in [-0.15, -0.1) is 0 Å². The van der Waals surface area contributed by atoms with Gasteiger partial charge in [0.05, 0.1) is 16.7 Å². The Morgan fingerprint density at radius 1 is 1.58 bits per heavy atom. The highest BCUT2D eigenvalue weighted by molar-refractivity contribution is 14.1. The van der Waals surface area contributed by atoms with Crippen LogP contribution in [0, 0.1) is 3.57 Å². The second-order valence-corrected chi connectivity index (χ2v) is 4.60. The van der Waals surface area contributed by atoms with E-state index >= 15 is 0 Å². The maximum absolute atomic E-state index is 5.96. The van der Waals surface area contributed by atoms with Gasteiger partial charge in [-0.2, -0.15) is 5.10 Å². The van der Waals surface area contributed by atoms with Gasteiger partial charge in [0.2, 0.25) is 0 Å². The van der Waals surface area contributed by atoms with E-state index < -0.39 is 0 Å². The highest BCUT2D eigenvalue weighted by atomic mass is 127. The molecule has 0 atom stereocenters. The van der Waals surface area contributed by atoms with Gasteiger partial charge in [-0.3, -0.25) is 5.10 Å². The number of aromatic nitrogens is 2. The van der Waals surface area contributed by atoms with E-state index in [0.29, 0.717) is 0 Å². The predicted molar refractivity (Wildman–Crippen MR) is 61.5 cm³/mol. The standard InChI is InChI=1S/C7H3BrClIN2/c8-6-3-2-11-12-5(3)1-4(9)7(6)10/h1-2H,(H,11,12). The molecule has 1 aromatic heterocycles. The lowest BCUT2D eigenvalue weighted by Crippen LogP contribution is -1.78. The van der Waals surface area contributed by atoms with Crippen molar-refractivity contribution < 1.29 is 0 Å². The molecule has 0 aliphatic carbocycles. The Labute approximate surface area is 95.9 Å². The molecular formula is C7H3BrClIN2. The second kappa shape index (κ2) is 3.16. The molecule has 0 amide bonds. The first-order valence-corrected chi connectivity index (χ1v) is 5.41. The molecule has 5 heteroatoms. The number of H-pyrrole nitrogens is 1. The highest BCUT2D eigenvalue weighted by Gasteiger charge is 2.08. The Morgan fingerprint density at radius 2 is 2.33 bits per heavy atom. The van der Waals surface area contributed by atoms with Crippen LogP contribution in [0.3, 0.4) is 0 Å². The first-order chi connectivity index (χ1) is 5.70. The van der Waals surface area contributed by atoms with Crippen molar-refractivity contribution in [2.45, 2.75) is 0 Å². The average Bonchev–Trinajstić information content (AvgIpc) is 2.48. The predicted octanol–water partition coefficient (Wildman–Crippen LogP) is 3.58. The average molecular weight is 357 g/mol. The van der Waals surface area contributed by atoms with Crippen molar-refractivity contribution in [2.75, 3.05) is 0 Å². The summed E-state index contributed by atoms with van der Waals surface area (Å²) in [5.74, 6) is 0. The summed E-state index contributed by atoms with van der Waals surface area (Å²) in [6, 6.07) is 1.87. The molecule has 2 nitrogen and oxygen atoms in total. The van der Waals surface area contributed by atoms with Crippen molar-refractivity contribution in [3.05, 3.63) is 25.3 Å². The minimum atomic E-state index is 0.735. The smallest absolute Gasteiger partial charge is 0.0677 e. The summed E-state index contributed by atoms with van der Waals surface area (Å²) in [6.45, 7) is 0. The van der Waals surface area contributed by atoms with Gasteiger partial charge in [0.1, 0.15) is 0 Å². The van der Waals surface area contributed by atoms with Gasteiger partial charge in [0, 0.05) is 13.4 Å². The maximum atomic E-state index is 5.96. The molecule has 0 unspecified atom stereocenters. The second-order valence-electron chi connectivity index (χ2n) is 2.32. The number of benzene rings is 1. The molecule has 0 saturated carbocycles. The van der Waals surface area contributed by atoms with Crippen LogP contribution in [0.5, 0.6) is 0 Å². The van der Waals surface area contributed by atoms with E-state index in [1.54, 1.807) is 6.20 Å². The Morgan fingerprint density at radius 3 is 3.08 bits per heavy atom. The topological polar surface area (TPSA) is 28.7 Å². The summed E-state index contributed by atoms with van der Waals surface area (Å²) in [7, 11) is 0. The zero-order chi connectivity index (χ0) is 8.72. The van der Waals surface area contributed by atoms with Gasteiger partial charge < -0.3 is 0 Å². The third-order valence-corrected chi connectivity index (χ3v) is 4.88. The molecule has 0 aliphatic heterocycles. The van der Waals surface area contributed by atoms with E-state index in [-0.39, 0.29) is 0 Å². The van der Waals surface area contributed by atoms with E-state index in [4.69, 9.17) is 11.6 Å². The van der Waals surface area contributed by atoms with Gasteiger partial charge in [0.15, 0.2) is 0 Å². The van der Waals surface area contributed by atoms with E-state index in [1.165, 1.54) is 0 Å². The van der Waals surface area contributed by atoms with Crippen LogP contribution in [-0.2, 0) is 0 Å². The van der Waals surface area contributed by atoms with E-state index in [1.807, 2.05) is 6.07 Å². The summed E-state index contributed by atoms with van der Waals surface area (Å²) < 4.78 is 2.02. The van der Waals surface area contributed by atoms with Crippen molar-refractivity contribution >= 4 is 61.0 Å². The summed E-state index contributed by atoms with van der Waals surface area (Å²) in [5, 5.41) is 8.58. The summed E-state index contributed by atoms with van der Waals surface area (Å²) in [5.41, 5.74) is 0.951. The summed E-state index contributed by atoms with van der Waals surface area (Å²) in [6.07, 6.45) is 1.78. The number of hydrogen-bond acceptors (Lipinski definition) is 1. The van der Waals surface area contributed by atoms with Crippen LogP contribution in [0.15, 0.2) is 16.7 Å². The van der Waals surface area contributed by atoms with Crippen LogP contribution in [0.4, 0.5) is 0 Å². The van der Waals surface area contributed by atoms with Crippen LogP contribution in [-0.4, -0.2) is 10.2 Å². The van der Waals surface area contributed by atoms with Crippen molar-refractivity contribution in [2.24, 2.45) is 0 Å². The third-order valence-electron chi connectivity index (χ3n) is 1.58. The van der Waals surface area contributed by atoms with Crippen molar-refractivity contribution in [3.63, 3.8) is 0 Å². The molecule has 0 radical (unpaired) electrons. The first-order valence-electron chi connectivity index (χ1n) is 3.16. The molecule has 1 heterocycles. The number of fused-ring (bicyclic) bond motifs is 1. The molecule has 0 spiro atoms. The summed E-state index contributed by atoms with van der Waals surface area (Å²) in [4.78, 5) is 0. The Kier molecular flexibility index (Phi) is 2.31. The van der Waals surface area contributed by atoms with E-state index in [2.05, 4.69) is 48.7 Å². The van der Waals surface area contributed by atoms with Crippen LogP contribution < -0.4 is 0 Å². The zero-order valence-electron chi connectivity index (χ0n) is 5.74. The van der Waals surface area contributed by atoms with Crippen molar-refractivity contribution in [1.29, 1.82) is 0 Å². The number of nitrogens with one attached hydrogen (secondary N) is 1. The number of hydrogen-bond donors (Lipinski definition) is 1. The number of rotatable bonds is 0. The minimum Gasteiger partial charge on any atom is -0.278 e. The van der Waals surface area contributed by atoms with Crippen LogP contribution in [0.2, 0.25) is 5.02 Å². The molecule has 0 bridgehead atoms. The molecule has 62 valence electrons. The molecular weight excluding hydrogens is 354 g/mol. The van der Waals surface area contributed by atoms with Gasteiger partial charge >= 0.3 is 0 Å². The monoisotopic (exact) mass is 356 g/mol. The number of nitrogens with zero attached hydrogens (tertiary/aromatic N) is 1. The SMILES string of the molecule is Clc1cc2[nH]ncc2c(Br)c1I. The van der Waals surface area contributed by atoms with Gasteiger partial charge in [-0.25, -0.2) is 0 Å². The zero-order valence-corrected chi connectivity index (χ0v) is 10.2. The van der Waals surface area contributed by atoms with Crippen LogP contribution in [0.1, 0.15) is 0 Å².